The fourth-order valence-corrected chi connectivity index (χ4v) is 3.48. The molecule has 1 aromatic carbocycles. The molecule has 2 atom stereocenters. The molecule has 0 amide bonds. The average molecular weight is 379 g/mol. The zero-order valence-electron chi connectivity index (χ0n) is 14.2. The van der Waals surface area contributed by atoms with E-state index >= 15 is 0 Å². The van der Waals surface area contributed by atoms with Crippen molar-refractivity contribution in [2.24, 2.45) is 17.3 Å². The summed E-state index contributed by atoms with van der Waals surface area (Å²) < 4.78 is 11.2. The standard InChI is InChI=1S/C20H20Cl2O3/c1-20(2)16(10-17(21)22)18(20)19(23)25-12-14-9-15(24-11-14)8-13-6-4-3-5-7-13/h3-7,9-11,16,18H,8,12H2,1-2H3/t16-,18-/m0/s1. The van der Waals surface area contributed by atoms with Crippen LogP contribution in [0.25, 0.3) is 0 Å². The lowest BCUT2D eigenvalue weighted by atomic mass is 10.1. The summed E-state index contributed by atoms with van der Waals surface area (Å²) in [5, 5.41) is 0. The van der Waals surface area contributed by atoms with Crippen molar-refractivity contribution in [2.75, 3.05) is 0 Å². The predicted octanol–water partition coefficient (Wildman–Crippen LogP) is 5.50. The molecule has 0 spiro atoms. The Hall–Kier alpha value is -1.71. The van der Waals surface area contributed by atoms with E-state index in [1.807, 2.05) is 50.2 Å². The van der Waals surface area contributed by atoms with E-state index in [9.17, 15) is 4.79 Å². The second kappa shape index (κ2) is 7.27. The first kappa shape index (κ1) is 18.1. The van der Waals surface area contributed by atoms with E-state index in [0.717, 1.165) is 11.3 Å². The molecule has 1 aliphatic rings. The Morgan fingerprint density at radius 1 is 1.24 bits per heavy atom. The second-order valence-electron chi connectivity index (χ2n) is 6.97. The van der Waals surface area contributed by atoms with Gasteiger partial charge >= 0.3 is 5.97 Å². The Balaban J connectivity index is 1.54. The Kier molecular flexibility index (Phi) is 5.26. The van der Waals surface area contributed by atoms with Crippen LogP contribution in [0.5, 0.6) is 0 Å². The molecule has 1 aliphatic carbocycles. The second-order valence-corrected chi connectivity index (χ2v) is 7.98. The molecule has 1 aromatic heterocycles. The third-order valence-electron chi connectivity index (χ3n) is 4.78. The maximum Gasteiger partial charge on any atom is 0.310 e. The zero-order valence-corrected chi connectivity index (χ0v) is 15.7. The Morgan fingerprint density at radius 3 is 2.64 bits per heavy atom. The van der Waals surface area contributed by atoms with Gasteiger partial charge in [0.1, 0.15) is 16.9 Å². The largest absolute Gasteiger partial charge is 0.469 e. The summed E-state index contributed by atoms with van der Waals surface area (Å²) in [5.74, 6) is 0.420. The van der Waals surface area contributed by atoms with Crippen LogP contribution in [0.2, 0.25) is 0 Å². The van der Waals surface area contributed by atoms with Crippen molar-refractivity contribution >= 4 is 29.2 Å². The lowest BCUT2D eigenvalue weighted by molar-refractivity contribution is -0.147. The zero-order chi connectivity index (χ0) is 18.0. The molecule has 1 heterocycles. The molecule has 0 unspecified atom stereocenters. The number of halogens is 2. The van der Waals surface area contributed by atoms with Crippen molar-refractivity contribution in [1.29, 1.82) is 0 Å². The maximum atomic E-state index is 12.3. The van der Waals surface area contributed by atoms with Crippen LogP contribution in [-0.4, -0.2) is 5.97 Å². The topological polar surface area (TPSA) is 39.4 Å². The number of rotatable bonds is 6. The van der Waals surface area contributed by atoms with Gasteiger partial charge in [0.25, 0.3) is 0 Å². The number of carbonyl (C=O) groups is 1. The normalized spacial score (nSPS) is 20.8. The van der Waals surface area contributed by atoms with E-state index in [1.165, 1.54) is 5.56 Å². The lowest BCUT2D eigenvalue weighted by Crippen LogP contribution is -2.10. The molecule has 25 heavy (non-hydrogen) atoms. The van der Waals surface area contributed by atoms with Gasteiger partial charge in [-0.3, -0.25) is 4.79 Å². The Morgan fingerprint density at radius 2 is 1.96 bits per heavy atom. The highest BCUT2D eigenvalue weighted by Crippen LogP contribution is 2.60. The molecule has 132 valence electrons. The van der Waals surface area contributed by atoms with Gasteiger partial charge in [-0.2, -0.15) is 0 Å². The summed E-state index contributed by atoms with van der Waals surface area (Å²) in [5.41, 5.74) is 1.84. The van der Waals surface area contributed by atoms with Gasteiger partial charge in [0.15, 0.2) is 0 Å². The monoisotopic (exact) mass is 378 g/mol. The highest BCUT2D eigenvalue weighted by molar-refractivity contribution is 6.55. The van der Waals surface area contributed by atoms with Crippen molar-refractivity contribution in [3.63, 3.8) is 0 Å². The van der Waals surface area contributed by atoms with Gasteiger partial charge in [0, 0.05) is 12.0 Å². The number of hydrogen-bond donors (Lipinski definition) is 0. The van der Waals surface area contributed by atoms with Crippen LogP contribution in [-0.2, 0) is 22.6 Å². The molecular formula is C20H20Cl2O3. The molecule has 1 saturated carbocycles. The quantitative estimate of drug-likeness (QED) is 0.622. The van der Waals surface area contributed by atoms with E-state index < -0.39 is 0 Å². The summed E-state index contributed by atoms with van der Waals surface area (Å²) in [4.78, 5) is 12.3. The summed E-state index contributed by atoms with van der Waals surface area (Å²) in [6, 6.07) is 12.0. The average Bonchev–Trinajstić information content (AvgIpc) is 2.90. The molecule has 0 bridgehead atoms. The first-order valence-corrected chi connectivity index (χ1v) is 8.93. The summed E-state index contributed by atoms with van der Waals surface area (Å²) in [7, 11) is 0. The van der Waals surface area contributed by atoms with Crippen LogP contribution < -0.4 is 0 Å². The maximum absolute atomic E-state index is 12.3. The van der Waals surface area contributed by atoms with Crippen LogP contribution >= 0.6 is 23.2 Å². The molecule has 0 N–H and O–H groups in total. The van der Waals surface area contributed by atoms with Gasteiger partial charge in [-0.15, -0.1) is 0 Å². The van der Waals surface area contributed by atoms with Crippen molar-refractivity contribution in [2.45, 2.75) is 26.9 Å². The summed E-state index contributed by atoms with van der Waals surface area (Å²) in [6.07, 6.45) is 4.06. The van der Waals surface area contributed by atoms with Gasteiger partial charge in [-0.1, -0.05) is 67.4 Å². The number of ether oxygens (including phenoxy) is 1. The fraction of sp³-hybridized carbons (Fsp3) is 0.350. The minimum absolute atomic E-state index is 0.0167. The summed E-state index contributed by atoms with van der Waals surface area (Å²) >= 11 is 11.4. The highest BCUT2D eigenvalue weighted by atomic mass is 35.5. The van der Waals surface area contributed by atoms with E-state index in [2.05, 4.69) is 0 Å². The minimum Gasteiger partial charge on any atom is -0.469 e. The van der Waals surface area contributed by atoms with Gasteiger partial charge < -0.3 is 9.15 Å². The number of furan rings is 1. The SMILES string of the molecule is CC1(C)[C@H](C(=O)OCc2coc(Cc3ccccc3)c2)[C@@H]1C=C(Cl)Cl. The number of carbonyl (C=O) groups excluding carboxylic acids is 1. The van der Waals surface area contributed by atoms with Crippen LogP contribution in [0, 0.1) is 17.3 Å². The van der Waals surface area contributed by atoms with E-state index in [0.29, 0.717) is 6.42 Å². The van der Waals surface area contributed by atoms with Crippen molar-refractivity contribution in [3.8, 4) is 0 Å². The Bertz CT molecular complexity index is 773. The molecule has 3 rings (SSSR count). The van der Waals surface area contributed by atoms with Crippen molar-refractivity contribution in [3.05, 3.63) is 70.1 Å². The third-order valence-corrected chi connectivity index (χ3v) is 5.03. The number of allylic oxidation sites excluding steroid dienone is 1. The number of esters is 1. The molecule has 3 nitrogen and oxygen atoms in total. The van der Waals surface area contributed by atoms with Crippen LogP contribution in [0.4, 0.5) is 0 Å². The van der Waals surface area contributed by atoms with Crippen LogP contribution in [0.15, 0.2) is 57.6 Å². The van der Waals surface area contributed by atoms with E-state index in [1.54, 1.807) is 12.3 Å². The molecule has 0 saturated heterocycles. The summed E-state index contributed by atoms with van der Waals surface area (Å²) in [6.45, 7) is 4.22. The van der Waals surface area contributed by atoms with Crippen molar-refractivity contribution < 1.29 is 13.9 Å². The predicted molar refractivity (Wildman–Crippen MR) is 98.3 cm³/mol. The van der Waals surface area contributed by atoms with Crippen molar-refractivity contribution in [1.82, 2.24) is 0 Å². The van der Waals surface area contributed by atoms with Gasteiger partial charge in [0.05, 0.1) is 12.2 Å². The van der Waals surface area contributed by atoms with Crippen LogP contribution in [0.3, 0.4) is 0 Å². The lowest BCUT2D eigenvalue weighted by Gasteiger charge is -2.03. The molecular weight excluding hydrogens is 359 g/mol. The fourth-order valence-electron chi connectivity index (χ4n) is 3.21. The minimum atomic E-state index is -0.230. The number of benzene rings is 1. The first-order valence-electron chi connectivity index (χ1n) is 8.17. The molecule has 1 fully saturated rings. The van der Waals surface area contributed by atoms with Gasteiger partial charge in [-0.05, 0) is 29.0 Å². The van der Waals surface area contributed by atoms with Gasteiger partial charge in [0.2, 0.25) is 0 Å². The molecule has 2 aromatic rings. The van der Waals surface area contributed by atoms with Crippen LogP contribution in [0.1, 0.15) is 30.7 Å². The molecule has 0 radical (unpaired) electrons. The molecule has 0 aliphatic heterocycles. The third kappa shape index (κ3) is 4.28. The first-order chi connectivity index (χ1) is 11.9. The van der Waals surface area contributed by atoms with E-state index in [-0.39, 0.29) is 34.3 Å². The number of hydrogen-bond acceptors (Lipinski definition) is 3. The molecule has 5 heteroatoms. The Labute approximate surface area is 157 Å². The highest BCUT2D eigenvalue weighted by Gasteiger charge is 2.61. The van der Waals surface area contributed by atoms with E-state index in [4.69, 9.17) is 32.4 Å². The van der Waals surface area contributed by atoms with Gasteiger partial charge in [-0.25, -0.2) is 0 Å². The smallest absolute Gasteiger partial charge is 0.310 e.